The Kier molecular flexibility index (Phi) is 8.85. The van der Waals surface area contributed by atoms with E-state index in [4.69, 9.17) is 4.99 Å². The quantitative estimate of drug-likeness (QED) is 0.380. The average molecular weight is 488 g/mol. The van der Waals surface area contributed by atoms with Gasteiger partial charge in [-0.15, -0.1) is 24.0 Å². The van der Waals surface area contributed by atoms with Gasteiger partial charge in [-0.2, -0.15) is 5.10 Å². The summed E-state index contributed by atoms with van der Waals surface area (Å²) in [5.41, 5.74) is 1.35. The molecule has 0 spiro atoms. The van der Waals surface area contributed by atoms with Crippen molar-refractivity contribution in [2.75, 3.05) is 39.3 Å². The van der Waals surface area contributed by atoms with E-state index in [0.717, 1.165) is 32.1 Å². The number of likely N-dealkylation sites (tertiary alicyclic amines) is 2. The molecule has 3 heterocycles. The first kappa shape index (κ1) is 22.5. The summed E-state index contributed by atoms with van der Waals surface area (Å²) in [6.45, 7) is 13.2. The van der Waals surface area contributed by atoms with Crippen molar-refractivity contribution in [1.82, 2.24) is 24.9 Å². The fourth-order valence-electron chi connectivity index (χ4n) is 4.30. The molecule has 0 amide bonds. The normalized spacial score (nSPS) is 22.3. The summed E-state index contributed by atoms with van der Waals surface area (Å²) in [6.07, 6.45) is 8.02. The Morgan fingerprint density at radius 2 is 2.04 bits per heavy atom. The minimum absolute atomic E-state index is 0. The molecule has 6 nitrogen and oxygen atoms in total. The molecule has 2 fully saturated rings. The monoisotopic (exact) mass is 488 g/mol. The fraction of sp³-hybridized carbons (Fsp3) is 0.800. The standard InChI is InChI=1S/C20H36N6.HI/c1-5-21-20(22-13-19(16(2)3)25-9-6-7-10-25)26-11-8-17(15-26)18-12-23-24(4)14-18;/h12,14,16-17,19H,5-11,13,15H2,1-4H3,(H,21,22);1H. The highest BCUT2D eigenvalue weighted by Gasteiger charge is 2.28. The van der Waals surface area contributed by atoms with Crippen LogP contribution in [0.4, 0.5) is 0 Å². The predicted molar refractivity (Wildman–Crippen MR) is 123 cm³/mol. The molecule has 2 atom stereocenters. The Hall–Kier alpha value is -0.830. The van der Waals surface area contributed by atoms with Crippen molar-refractivity contribution in [3.8, 4) is 0 Å². The molecular weight excluding hydrogens is 451 g/mol. The van der Waals surface area contributed by atoms with Gasteiger partial charge in [0, 0.05) is 44.8 Å². The zero-order valence-corrected chi connectivity index (χ0v) is 19.7. The number of nitrogens with zero attached hydrogens (tertiary/aromatic N) is 5. The second-order valence-electron chi connectivity index (χ2n) is 8.13. The first-order chi connectivity index (χ1) is 12.6. The SMILES string of the molecule is CCNC(=NCC(C(C)C)N1CCCC1)N1CCC(c2cnn(C)c2)C1.I. The third-order valence-electron chi connectivity index (χ3n) is 5.83. The summed E-state index contributed by atoms with van der Waals surface area (Å²) in [6, 6.07) is 0.558. The van der Waals surface area contributed by atoms with Gasteiger partial charge in [0.1, 0.15) is 0 Å². The van der Waals surface area contributed by atoms with E-state index in [9.17, 15) is 0 Å². The Morgan fingerprint density at radius 1 is 1.30 bits per heavy atom. The lowest BCUT2D eigenvalue weighted by Gasteiger charge is -2.30. The average Bonchev–Trinajstić information content (AvgIpc) is 3.35. The molecule has 2 unspecified atom stereocenters. The molecule has 2 aliphatic rings. The Bertz CT molecular complexity index is 593. The summed E-state index contributed by atoms with van der Waals surface area (Å²) in [5.74, 6) is 2.29. The van der Waals surface area contributed by atoms with Crippen molar-refractivity contribution < 1.29 is 0 Å². The number of aromatic nitrogens is 2. The van der Waals surface area contributed by atoms with Crippen molar-refractivity contribution in [2.24, 2.45) is 18.0 Å². The highest BCUT2D eigenvalue weighted by Crippen LogP contribution is 2.27. The number of aryl methyl sites for hydroxylation is 1. The first-order valence-electron chi connectivity index (χ1n) is 10.3. The van der Waals surface area contributed by atoms with Crippen LogP contribution in [0.2, 0.25) is 0 Å². The maximum absolute atomic E-state index is 5.06. The second-order valence-corrected chi connectivity index (χ2v) is 8.13. The molecule has 0 saturated carbocycles. The molecule has 2 aliphatic heterocycles. The number of aliphatic imine (C=N–C) groups is 1. The van der Waals surface area contributed by atoms with Gasteiger partial charge in [-0.25, -0.2) is 0 Å². The van der Waals surface area contributed by atoms with E-state index in [1.807, 2.05) is 17.9 Å². The van der Waals surface area contributed by atoms with Gasteiger partial charge in [0.05, 0.1) is 12.7 Å². The highest BCUT2D eigenvalue weighted by molar-refractivity contribution is 14.0. The van der Waals surface area contributed by atoms with Gasteiger partial charge in [0.25, 0.3) is 0 Å². The third kappa shape index (κ3) is 5.82. The van der Waals surface area contributed by atoms with Gasteiger partial charge in [-0.1, -0.05) is 13.8 Å². The summed E-state index contributed by atoms with van der Waals surface area (Å²) < 4.78 is 1.90. The van der Waals surface area contributed by atoms with Crippen LogP contribution in [0.5, 0.6) is 0 Å². The van der Waals surface area contributed by atoms with Crippen LogP contribution in [0.1, 0.15) is 51.5 Å². The largest absolute Gasteiger partial charge is 0.357 e. The van der Waals surface area contributed by atoms with Crippen LogP contribution in [-0.2, 0) is 7.05 Å². The number of guanidine groups is 1. The molecule has 0 aliphatic carbocycles. The predicted octanol–water partition coefficient (Wildman–Crippen LogP) is 2.91. The van der Waals surface area contributed by atoms with Crippen molar-refractivity contribution in [3.05, 3.63) is 18.0 Å². The number of halogens is 1. The molecule has 7 heteroatoms. The second kappa shape index (κ2) is 10.6. The summed E-state index contributed by atoms with van der Waals surface area (Å²) in [5, 5.41) is 7.86. The molecule has 1 N–H and O–H groups in total. The van der Waals surface area contributed by atoms with Crippen LogP contribution in [0.15, 0.2) is 17.4 Å². The van der Waals surface area contributed by atoms with Crippen LogP contribution < -0.4 is 5.32 Å². The van der Waals surface area contributed by atoms with Crippen molar-refractivity contribution in [1.29, 1.82) is 0 Å². The molecule has 1 aromatic rings. The van der Waals surface area contributed by atoms with Crippen LogP contribution in [0.25, 0.3) is 0 Å². The maximum Gasteiger partial charge on any atom is 0.193 e. The van der Waals surface area contributed by atoms with Gasteiger partial charge in [-0.3, -0.25) is 14.6 Å². The zero-order chi connectivity index (χ0) is 18.5. The fourth-order valence-corrected chi connectivity index (χ4v) is 4.30. The van der Waals surface area contributed by atoms with E-state index in [0.29, 0.717) is 17.9 Å². The lowest BCUT2D eigenvalue weighted by molar-refractivity contribution is 0.197. The van der Waals surface area contributed by atoms with Crippen molar-refractivity contribution in [3.63, 3.8) is 0 Å². The van der Waals surface area contributed by atoms with E-state index in [1.54, 1.807) is 0 Å². The maximum atomic E-state index is 5.06. The molecule has 0 aromatic carbocycles. The van der Waals surface area contributed by atoms with E-state index >= 15 is 0 Å². The Morgan fingerprint density at radius 3 is 2.63 bits per heavy atom. The van der Waals surface area contributed by atoms with Gasteiger partial charge in [-0.05, 0) is 50.8 Å². The van der Waals surface area contributed by atoms with Crippen LogP contribution in [0, 0.1) is 5.92 Å². The van der Waals surface area contributed by atoms with Crippen molar-refractivity contribution in [2.45, 2.75) is 52.0 Å². The molecule has 3 rings (SSSR count). The lowest BCUT2D eigenvalue weighted by Crippen LogP contribution is -2.43. The minimum atomic E-state index is 0. The molecule has 1 aromatic heterocycles. The number of nitrogens with one attached hydrogen (secondary N) is 1. The molecular formula is C20H37IN6. The van der Waals surface area contributed by atoms with Gasteiger partial charge in [0.15, 0.2) is 5.96 Å². The van der Waals surface area contributed by atoms with E-state index in [2.05, 4.69) is 47.2 Å². The number of rotatable bonds is 6. The molecule has 2 saturated heterocycles. The smallest absolute Gasteiger partial charge is 0.193 e. The molecule has 0 bridgehead atoms. The summed E-state index contributed by atoms with van der Waals surface area (Å²) >= 11 is 0. The van der Waals surface area contributed by atoms with E-state index < -0.39 is 0 Å². The minimum Gasteiger partial charge on any atom is -0.357 e. The van der Waals surface area contributed by atoms with Gasteiger partial charge < -0.3 is 10.2 Å². The number of hydrogen-bond donors (Lipinski definition) is 1. The van der Waals surface area contributed by atoms with Gasteiger partial charge in [0.2, 0.25) is 0 Å². The molecule has 27 heavy (non-hydrogen) atoms. The summed E-state index contributed by atoms with van der Waals surface area (Å²) in [4.78, 5) is 10.1. The highest BCUT2D eigenvalue weighted by atomic mass is 127. The molecule has 154 valence electrons. The van der Waals surface area contributed by atoms with Crippen molar-refractivity contribution >= 4 is 29.9 Å². The van der Waals surface area contributed by atoms with Crippen LogP contribution in [-0.4, -0.2) is 70.9 Å². The Labute approximate surface area is 181 Å². The first-order valence-corrected chi connectivity index (χ1v) is 10.3. The van der Waals surface area contributed by atoms with Crippen LogP contribution >= 0.6 is 24.0 Å². The third-order valence-corrected chi connectivity index (χ3v) is 5.83. The zero-order valence-electron chi connectivity index (χ0n) is 17.4. The van der Waals surface area contributed by atoms with E-state index in [-0.39, 0.29) is 24.0 Å². The van der Waals surface area contributed by atoms with Crippen LogP contribution in [0.3, 0.4) is 0 Å². The Balaban J connectivity index is 0.00000261. The van der Waals surface area contributed by atoms with Gasteiger partial charge >= 0.3 is 0 Å². The lowest BCUT2D eigenvalue weighted by atomic mass is 10.0. The number of hydrogen-bond acceptors (Lipinski definition) is 3. The summed E-state index contributed by atoms with van der Waals surface area (Å²) in [7, 11) is 1.99. The molecule has 0 radical (unpaired) electrons. The topological polar surface area (TPSA) is 48.7 Å². The van der Waals surface area contributed by atoms with E-state index in [1.165, 1.54) is 37.9 Å².